The van der Waals surface area contributed by atoms with Gasteiger partial charge in [-0.15, -0.1) is 10.2 Å². The van der Waals surface area contributed by atoms with E-state index in [9.17, 15) is 21.6 Å². The summed E-state index contributed by atoms with van der Waals surface area (Å²) in [6.45, 7) is 3.01. The van der Waals surface area contributed by atoms with Crippen molar-refractivity contribution in [2.24, 2.45) is 0 Å². The maximum absolute atomic E-state index is 14.6. The molecule has 28 heavy (non-hydrogen) atoms. The van der Waals surface area contributed by atoms with Gasteiger partial charge >= 0.3 is 6.43 Å². The Morgan fingerprint density at radius 3 is 2.43 bits per heavy atom. The molecule has 1 heterocycles. The molecule has 0 bridgehead atoms. The zero-order valence-electron chi connectivity index (χ0n) is 14.3. The van der Waals surface area contributed by atoms with Gasteiger partial charge in [0, 0.05) is 16.5 Å². The number of aromatic nitrogens is 2. The lowest BCUT2D eigenvalue weighted by Gasteiger charge is -2.23. The number of benzene rings is 2. The third kappa shape index (κ3) is 4.06. The Bertz CT molecular complexity index is 1090. The first-order valence-corrected chi connectivity index (χ1v) is 9.42. The van der Waals surface area contributed by atoms with Gasteiger partial charge in [0.1, 0.15) is 5.82 Å². The van der Waals surface area contributed by atoms with Gasteiger partial charge in [-0.05, 0) is 24.3 Å². The molecule has 0 N–H and O–H groups in total. The van der Waals surface area contributed by atoms with Gasteiger partial charge in [-0.1, -0.05) is 30.8 Å². The summed E-state index contributed by atoms with van der Waals surface area (Å²) in [5.41, 5.74) is 0.495. The van der Waals surface area contributed by atoms with E-state index in [2.05, 4.69) is 16.8 Å². The van der Waals surface area contributed by atoms with Gasteiger partial charge in [-0.25, -0.2) is 12.8 Å². The van der Waals surface area contributed by atoms with Gasteiger partial charge < -0.3 is 4.42 Å². The van der Waals surface area contributed by atoms with Crippen molar-refractivity contribution < 1.29 is 26.0 Å². The number of hydrogen-bond acceptors (Lipinski definition) is 5. The van der Waals surface area contributed by atoms with Crippen molar-refractivity contribution in [2.75, 3.05) is 4.31 Å². The molecule has 0 radical (unpaired) electrons. The van der Waals surface area contributed by atoms with Gasteiger partial charge in [-0.2, -0.15) is 8.78 Å². The first kappa shape index (κ1) is 19.6. The molecular formula is C18H14F3N3O3S. The molecule has 0 aliphatic rings. The van der Waals surface area contributed by atoms with Crippen LogP contribution >= 0.6 is 0 Å². The summed E-state index contributed by atoms with van der Waals surface area (Å²) in [6, 6.07) is 11.9. The molecule has 6 nitrogen and oxygen atoms in total. The Labute approximate surface area is 159 Å². The zero-order chi connectivity index (χ0) is 20.3. The molecule has 0 amide bonds. The van der Waals surface area contributed by atoms with E-state index in [1.54, 1.807) is 30.3 Å². The molecule has 146 valence electrons. The number of halogens is 3. The number of hydrogen-bond donors (Lipinski definition) is 0. The van der Waals surface area contributed by atoms with Crippen molar-refractivity contribution in [1.82, 2.24) is 10.2 Å². The first-order chi connectivity index (χ1) is 13.3. The molecule has 1 aromatic heterocycles. The van der Waals surface area contributed by atoms with Crippen LogP contribution in [0.4, 0.5) is 18.9 Å². The highest BCUT2D eigenvalue weighted by Crippen LogP contribution is 2.27. The topological polar surface area (TPSA) is 76.3 Å². The van der Waals surface area contributed by atoms with Gasteiger partial charge in [-0.3, -0.25) is 4.31 Å². The fraction of sp³-hybridized carbons (Fsp3) is 0.111. The van der Waals surface area contributed by atoms with Crippen LogP contribution in [0.2, 0.25) is 0 Å². The van der Waals surface area contributed by atoms with Crippen LogP contribution in [-0.4, -0.2) is 18.6 Å². The van der Waals surface area contributed by atoms with E-state index in [1.807, 2.05) is 0 Å². The molecule has 0 aliphatic heterocycles. The summed E-state index contributed by atoms with van der Waals surface area (Å²) in [4.78, 5) is 0. The highest BCUT2D eigenvalue weighted by Gasteiger charge is 2.22. The van der Waals surface area contributed by atoms with E-state index >= 15 is 0 Å². The van der Waals surface area contributed by atoms with Crippen LogP contribution in [0.15, 0.2) is 64.9 Å². The standard InChI is InChI=1S/C18H14F3N3O3S/c1-2-28(25,26)24(14-6-4-3-5-7-14)11-13-9-8-12(10-15(13)19)17-22-23-18(27-17)16(20)21/h2-10,16H,1,11H2. The van der Waals surface area contributed by atoms with E-state index in [0.717, 1.165) is 15.8 Å². The minimum absolute atomic E-state index is 0.0617. The van der Waals surface area contributed by atoms with Crippen molar-refractivity contribution in [3.63, 3.8) is 0 Å². The normalized spacial score (nSPS) is 11.6. The summed E-state index contributed by atoms with van der Waals surface area (Å²) >= 11 is 0. The summed E-state index contributed by atoms with van der Waals surface area (Å²) in [7, 11) is -3.89. The van der Waals surface area contributed by atoms with Crippen molar-refractivity contribution in [2.45, 2.75) is 13.0 Å². The SMILES string of the molecule is C=CS(=O)(=O)N(Cc1ccc(-c2nnc(C(F)F)o2)cc1F)c1ccccc1. The number of nitrogens with zero attached hydrogens (tertiary/aromatic N) is 3. The highest BCUT2D eigenvalue weighted by molar-refractivity contribution is 7.95. The second-order valence-electron chi connectivity index (χ2n) is 5.61. The first-order valence-electron chi connectivity index (χ1n) is 7.92. The minimum atomic E-state index is -3.89. The molecule has 2 aromatic carbocycles. The van der Waals surface area contributed by atoms with E-state index in [0.29, 0.717) is 5.69 Å². The second-order valence-corrected chi connectivity index (χ2v) is 7.41. The van der Waals surface area contributed by atoms with Crippen LogP contribution in [0.3, 0.4) is 0 Å². The highest BCUT2D eigenvalue weighted by atomic mass is 32.2. The largest absolute Gasteiger partial charge is 0.415 e. The zero-order valence-corrected chi connectivity index (χ0v) is 15.1. The monoisotopic (exact) mass is 409 g/mol. The molecule has 0 saturated carbocycles. The molecule has 10 heteroatoms. The van der Waals surface area contributed by atoms with Crippen molar-refractivity contribution in [3.8, 4) is 11.5 Å². The molecule has 0 aliphatic carbocycles. The number of anilines is 1. The quantitative estimate of drug-likeness (QED) is 0.582. The number of rotatable bonds is 7. The minimum Gasteiger partial charge on any atom is -0.415 e. The predicted molar refractivity (Wildman–Crippen MR) is 96.4 cm³/mol. The van der Waals surface area contributed by atoms with Crippen LogP contribution < -0.4 is 4.31 Å². The van der Waals surface area contributed by atoms with E-state index in [-0.39, 0.29) is 23.6 Å². The van der Waals surface area contributed by atoms with Crippen LogP contribution in [0, 0.1) is 5.82 Å². The van der Waals surface area contributed by atoms with E-state index < -0.39 is 28.2 Å². The Balaban J connectivity index is 1.93. The van der Waals surface area contributed by atoms with Gasteiger partial charge in [0.25, 0.3) is 15.9 Å². The number of para-hydroxylation sites is 1. The molecule has 3 aromatic rings. The Kier molecular flexibility index (Phi) is 5.50. The third-order valence-electron chi connectivity index (χ3n) is 3.80. The molecule has 0 spiro atoms. The molecule has 0 saturated heterocycles. The summed E-state index contributed by atoms with van der Waals surface area (Å²) in [5.74, 6) is -1.89. The molecule has 3 rings (SSSR count). The van der Waals surface area contributed by atoms with Crippen LogP contribution in [0.25, 0.3) is 11.5 Å². The molecule has 0 fully saturated rings. The van der Waals surface area contributed by atoms with Gasteiger partial charge in [0.15, 0.2) is 0 Å². The Hall–Kier alpha value is -3.14. The van der Waals surface area contributed by atoms with Crippen LogP contribution in [-0.2, 0) is 16.6 Å². The average Bonchev–Trinajstić information content (AvgIpc) is 3.18. The summed E-state index contributed by atoms with van der Waals surface area (Å²) in [5, 5.41) is 7.42. The third-order valence-corrected chi connectivity index (χ3v) is 5.18. The van der Waals surface area contributed by atoms with Crippen LogP contribution in [0.1, 0.15) is 17.9 Å². The average molecular weight is 409 g/mol. The second kappa shape index (κ2) is 7.85. The molecule has 0 atom stereocenters. The van der Waals surface area contributed by atoms with Gasteiger partial charge in [0.05, 0.1) is 12.2 Å². The smallest absolute Gasteiger partial charge is 0.314 e. The lowest BCUT2D eigenvalue weighted by Crippen LogP contribution is -2.28. The van der Waals surface area contributed by atoms with E-state index in [4.69, 9.17) is 4.42 Å². The Morgan fingerprint density at radius 2 is 1.86 bits per heavy atom. The number of alkyl halides is 2. The summed E-state index contributed by atoms with van der Waals surface area (Å²) in [6.07, 6.45) is -2.94. The lowest BCUT2D eigenvalue weighted by molar-refractivity contribution is 0.116. The van der Waals surface area contributed by atoms with Gasteiger partial charge in [0.2, 0.25) is 5.89 Å². The number of sulfonamides is 1. The lowest BCUT2D eigenvalue weighted by atomic mass is 10.1. The van der Waals surface area contributed by atoms with Crippen molar-refractivity contribution in [3.05, 3.63) is 77.8 Å². The van der Waals surface area contributed by atoms with Crippen molar-refractivity contribution in [1.29, 1.82) is 0 Å². The van der Waals surface area contributed by atoms with Crippen LogP contribution in [0.5, 0.6) is 0 Å². The Morgan fingerprint density at radius 1 is 1.14 bits per heavy atom. The van der Waals surface area contributed by atoms with Crippen molar-refractivity contribution >= 4 is 15.7 Å². The maximum atomic E-state index is 14.6. The fourth-order valence-electron chi connectivity index (χ4n) is 2.42. The predicted octanol–water partition coefficient (Wildman–Crippen LogP) is 4.29. The maximum Gasteiger partial charge on any atom is 0.314 e. The fourth-order valence-corrected chi connectivity index (χ4v) is 3.33. The molecular weight excluding hydrogens is 395 g/mol. The van der Waals surface area contributed by atoms with E-state index in [1.165, 1.54) is 12.1 Å². The summed E-state index contributed by atoms with van der Waals surface area (Å²) < 4.78 is 70.2. The molecule has 0 unspecified atom stereocenters.